The third kappa shape index (κ3) is 3.10. The van der Waals surface area contributed by atoms with E-state index in [0.717, 1.165) is 13.0 Å². The fourth-order valence-corrected chi connectivity index (χ4v) is 2.18. The van der Waals surface area contributed by atoms with E-state index in [1.165, 1.54) is 0 Å². The Morgan fingerprint density at radius 2 is 2.00 bits per heavy atom. The van der Waals surface area contributed by atoms with Gasteiger partial charge in [-0.25, -0.2) is 0 Å². The summed E-state index contributed by atoms with van der Waals surface area (Å²) in [5.74, 6) is 2.06. The van der Waals surface area contributed by atoms with Crippen LogP contribution in [-0.4, -0.2) is 44.7 Å². The quantitative estimate of drug-likeness (QED) is 0.785. The predicted octanol–water partition coefficient (Wildman–Crippen LogP) is 1.70. The number of amides is 1. The Bertz CT molecular complexity index is 447. The molecule has 0 aliphatic carbocycles. The Morgan fingerprint density at radius 3 is 2.63 bits per heavy atom. The lowest BCUT2D eigenvalue weighted by Crippen LogP contribution is -2.29. The van der Waals surface area contributed by atoms with E-state index in [1.807, 2.05) is 23.1 Å². The molecule has 1 saturated heterocycles. The molecule has 1 aromatic rings. The molecule has 5 nitrogen and oxygen atoms in total. The zero-order valence-corrected chi connectivity index (χ0v) is 11.3. The molecular formula is C14H19NO4. The Balaban J connectivity index is 1.93. The average molecular weight is 265 g/mol. The summed E-state index contributed by atoms with van der Waals surface area (Å²) in [6, 6.07) is 5.49. The number of para-hydroxylation sites is 1. The lowest BCUT2D eigenvalue weighted by atomic mass is 10.3. The molecule has 0 radical (unpaired) electrons. The number of hydrogen-bond acceptors (Lipinski definition) is 4. The first-order valence-electron chi connectivity index (χ1n) is 6.38. The number of nitrogens with zero attached hydrogens (tertiary/aromatic N) is 1. The maximum absolute atomic E-state index is 11.5. The first kappa shape index (κ1) is 13.5. The predicted molar refractivity (Wildman–Crippen MR) is 70.9 cm³/mol. The molecule has 19 heavy (non-hydrogen) atoms. The van der Waals surface area contributed by atoms with Crippen LogP contribution < -0.4 is 14.2 Å². The maximum atomic E-state index is 11.5. The van der Waals surface area contributed by atoms with Crippen LogP contribution >= 0.6 is 0 Å². The first-order valence-corrected chi connectivity index (χ1v) is 6.38. The average Bonchev–Trinajstić information content (AvgIpc) is 2.84. The third-order valence-corrected chi connectivity index (χ3v) is 3.16. The molecule has 5 heteroatoms. The van der Waals surface area contributed by atoms with E-state index in [0.29, 0.717) is 36.8 Å². The van der Waals surface area contributed by atoms with Crippen LogP contribution in [0.15, 0.2) is 18.2 Å². The summed E-state index contributed by atoms with van der Waals surface area (Å²) >= 11 is 0. The molecule has 1 heterocycles. The van der Waals surface area contributed by atoms with Gasteiger partial charge in [-0.3, -0.25) is 4.79 Å². The highest BCUT2D eigenvalue weighted by molar-refractivity contribution is 5.78. The van der Waals surface area contributed by atoms with Crippen LogP contribution in [0.2, 0.25) is 0 Å². The summed E-state index contributed by atoms with van der Waals surface area (Å²) in [5.41, 5.74) is 0. The number of carbonyl (C=O) groups is 1. The van der Waals surface area contributed by atoms with Gasteiger partial charge in [-0.15, -0.1) is 0 Å². The summed E-state index contributed by atoms with van der Waals surface area (Å²) in [7, 11) is 3.17. The number of methoxy groups -OCH3 is 2. The molecule has 1 fully saturated rings. The van der Waals surface area contributed by atoms with Gasteiger partial charge in [-0.2, -0.15) is 0 Å². The van der Waals surface area contributed by atoms with Gasteiger partial charge in [0, 0.05) is 13.0 Å². The zero-order valence-electron chi connectivity index (χ0n) is 11.3. The van der Waals surface area contributed by atoms with Crippen molar-refractivity contribution in [1.29, 1.82) is 0 Å². The van der Waals surface area contributed by atoms with Gasteiger partial charge in [0.2, 0.25) is 11.7 Å². The van der Waals surface area contributed by atoms with E-state index in [-0.39, 0.29) is 5.91 Å². The summed E-state index contributed by atoms with van der Waals surface area (Å²) in [6.07, 6.45) is 1.60. The minimum Gasteiger partial charge on any atom is -0.493 e. The molecule has 104 valence electrons. The summed E-state index contributed by atoms with van der Waals surface area (Å²) in [6.45, 7) is 1.89. The highest BCUT2D eigenvalue weighted by Gasteiger charge is 2.19. The SMILES string of the molecule is COc1cccc(OCCN2CCCC2=O)c1OC. The second-order valence-electron chi connectivity index (χ2n) is 4.32. The summed E-state index contributed by atoms with van der Waals surface area (Å²) < 4.78 is 16.2. The molecule has 0 saturated carbocycles. The van der Waals surface area contributed by atoms with E-state index in [1.54, 1.807) is 14.2 Å². The van der Waals surface area contributed by atoms with Gasteiger partial charge in [0.25, 0.3) is 0 Å². The number of likely N-dealkylation sites (tertiary alicyclic amines) is 1. The number of rotatable bonds is 6. The number of hydrogen-bond donors (Lipinski definition) is 0. The van der Waals surface area contributed by atoms with Crippen molar-refractivity contribution in [1.82, 2.24) is 4.90 Å². The molecule has 1 aromatic carbocycles. The molecular weight excluding hydrogens is 246 g/mol. The standard InChI is InChI=1S/C14H19NO4/c1-17-11-5-3-6-12(14(11)18-2)19-10-9-15-8-4-7-13(15)16/h3,5-6H,4,7-10H2,1-2H3. The molecule has 1 aliphatic rings. The molecule has 0 atom stereocenters. The minimum absolute atomic E-state index is 0.209. The Labute approximate surface area is 113 Å². The minimum atomic E-state index is 0.209. The number of ether oxygens (including phenoxy) is 3. The number of benzene rings is 1. The molecule has 0 N–H and O–H groups in total. The largest absolute Gasteiger partial charge is 0.493 e. The van der Waals surface area contributed by atoms with Gasteiger partial charge in [-0.05, 0) is 18.6 Å². The van der Waals surface area contributed by atoms with Crippen molar-refractivity contribution in [3.05, 3.63) is 18.2 Å². The monoisotopic (exact) mass is 265 g/mol. The summed E-state index contributed by atoms with van der Waals surface area (Å²) in [4.78, 5) is 13.3. The second kappa shape index (κ2) is 6.31. The van der Waals surface area contributed by atoms with Crippen LogP contribution in [-0.2, 0) is 4.79 Å². The van der Waals surface area contributed by atoms with Crippen molar-refractivity contribution in [3.8, 4) is 17.2 Å². The molecule has 0 bridgehead atoms. The lowest BCUT2D eigenvalue weighted by Gasteiger charge is -2.17. The topological polar surface area (TPSA) is 48.0 Å². The Kier molecular flexibility index (Phi) is 4.49. The molecule has 0 spiro atoms. The van der Waals surface area contributed by atoms with Crippen molar-refractivity contribution in [3.63, 3.8) is 0 Å². The molecule has 1 aliphatic heterocycles. The lowest BCUT2D eigenvalue weighted by molar-refractivity contribution is -0.128. The smallest absolute Gasteiger partial charge is 0.222 e. The van der Waals surface area contributed by atoms with E-state index in [2.05, 4.69) is 0 Å². The van der Waals surface area contributed by atoms with Crippen LogP contribution in [0, 0.1) is 0 Å². The molecule has 0 aromatic heterocycles. The van der Waals surface area contributed by atoms with Crippen LogP contribution in [0.1, 0.15) is 12.8 Å². The van der Waals surface area contributed by atoms with Crippen molar-refractivity contribution in [2.75, 3.05) is 33.9 Å². The van der Waals surface area contributed by atoms with Gasteiger partial charge in [-0.1, -0.05) is 6.07 Å². The fourth-order valence-electron chi connectivity index (χ4n) is 2.18. The highest BCUT2D eigenvalue weighted by Crippen LogP contribution is 2.36. The Hall–Kier alpha value is -1.91. The van der Waals surface area contributed by atoms with Crippen LogP contribution in [0.4, 0.5) is 0 Å². The first-order chi connectivity index (χ1) is 9.26. The van der Waals surface area contributed by atoms with Gasteiger partial charge < -0.3 is 19.1 Å². The second-order valence-corrected chi connectivity index (χ2v) is 4.32. The van der Waals surface area contributed by atoms with Crippen LogP contribution in [0.3, 0.4) is 0 Å². The molecule has 0 unspecified atom stereocenters. The Morgan fingerprint density at radius 1 is 1.21 bits per heavy atom. The van der Waals surface area contributed by atoms with Crippen molar-refractivity contribution >= 4 is 5.91 Å². The van der Waals surface area contributed by atoms with Crippen LogP contribution in [0.25, 0.3) is 0 Å². The normalized spacial score (nSPS) is 14.6. The molecule has 1 amide bonds. The van der Waals surface area contributed by atoms with E-state index < -0.39 is 0 Å². The van der Waals surface area contributed by atoms with E-state index in [9.17, 15) is 4.79 Å². The summed E-state index contributed by atoms with van der Waals surface area (Å²) in [5, 5.41) is 0. The van der Waals surface area contributed by atoms with Crippen molar-refractivity contribution in [2.24, 2.45) is 0 Å². The van der Waals surface area contributed by atoms with Crippen molar-refractivity contribution in [2.45, 2.75) is 12.8 Å². The zero-order chi connectivity index (χ0) is 13.7. The van der Waals surface area contributed by atoms with E-state index >= 15 is 0 Å². The van der Waals surface area contributed by atoms with Crippen molar-refractivity contribution < 1.29 is 19.0 Å². The van der Waals surface area contributed by atoms with Gasteiger partial charge in [0.05, 0.1) is 20.8 Å². The maximum Gasteiger partial charge on any atom is 0.222 e. The van der Waals surface area contributed by atoms with Crippen LogP contribution in [0.5, 0.6) is 17.2 Å². The third-order valence-electron chi connectivity index (χ3n) is 3.16. The molecule has 2 rings (SSSR count). The van der Waals surface area contributed by atoms with E-state index in [4.69, 9.17) is 14.2 Å². The highest BCUT2D eigenvalue weighted by atomic mass is 16.5. The fraction of sp³-hybridized carbons (Fsp3) is 0.500. The van der Waals surface area contributed by atoms with Gasteiger partial charge in [0.1, 0.15) is 6.61 Å². The number of carbonyl (C=O) groups excluding carboxylic acids is 1. The van der Waals surface area contributed by atoms with Gasteiger partial charge in [0.15, 0.2) is 11.5 Å². The van der Waals surface area contributed by atoms with Gasteiger partial charge >= 0.3 is 0 Å².